The number of sulfonamides is 1. The molecule has 0 aliphatic carbocycles. The largest absolute Gasteiger partial charge is 0.281 e. The standard InChI is InChI=1S/C17H16ClN3O2S/c1-2-15-16(11-3-7-13(18)8-4-11)17(21-20-15)12-5-9-14(10-6-12)24(19,22)23/h3-10H,2H2,1H3,(H,20,21)(H2,19,22,23). The number of rotatable bonds is 4. The van der Waals surface area contributed by atoms with Crippen LogP contribution in [-0.2, 0) is 16.4 Å². The van der Waals surface area contributed by atoms with Crippen LogP contribution in [0.2, 0.25) is 5.02 Å². The highest BCUT2D eigenvalue weighted by Crippen LogP contribution is 2.34. The summed E-state index contributed by atoms with van der Waals surface area (Å²) >= 11 is 5.97. The Morgan fingerprint density at radius 1 is 1.04 bits per heavy atom. The number of nitrogens with one attached hydrogen (secondary N) is 1. The van der Waals surface area contributed by atoms with Crippen molar-refractivity contribution in [2.45, 2.75) is 18.2 Å². The van der Waals surface area contributed by atoms with Crippen LogP contribution in [0.4, 0.5) is 0 Å². The molecule has 0 spiro atoms. The van der Waals surface area contributed by atoms with Crippen molar-refractivity contribution in [1.29, 1.82) is 0 Å². The molecular weight excluding hydrogens is 346 g/mol. The normalized spacial score (nSPS) is 11.6. The third-order valence-corrected chi connectivity index (χ3v) is 4.97. The highest BCUT2D eigenvalue weighted by atomic mass is 35.5. The number of aromatic amines is 1. The molecule has 1 heterocycles. The summed E-state index contributed by atoms with van der Waals surface area (Å²) in [5.74, 6) is 0. The molecule has 7 heteroatoms. The number of H-pyrrole nitrogens is 1. The van der Waals surface area contributed by atoms with Crippen LogP contribution in [0.15, 0.2) is 53.4 Å². The zero-order valence-corrected chi connectivity index (χ0v) is 14.5. The first-order valence-electron chi connectivity index (χ1n) is 7.36. The van der Waals surface area contributed by atoms with Crippen molar-refractivity contribution < 1.29 is 8.42 Å². The Morgan fingerprint density at radius 2 is 1.62 bits per heavy atom. The van der Waals surface area contributed by atoms with Gasteiger partial charge in [0.2, 0.25) is 10.0 Å². The molecule has 1 aromatic heterocycles. The molecule has 3 rings (SSSR count). The van der Waals surface area contributed by atoms with Crippen LogP contribution >= 0.6 is 11.6 Å². The van der Waals surface area contributed by atoms with Gasteiger partial charge in [-0.05, 0) is 36.2 Å². The van der Waals surface area contributed by atoms with Gasteiger partial charge in [-0.2, -0.15) is 5.10 Å². The van der Waals surface area contributed by atoms with Crippen molar-refractivity contribution in [2.24, 2.45) is 5.14 Å². The van der Waals surface area contributed by atoms with E-state index in [0.717, 1.165) is 34.5 Å². The number of primary sulfonamides is 1. The summed E-state index contributed by atoms with van der Waals surface area (Å²) in [6.45, 7) is 2.04. The first-order chi connectivity index (χ1) is 11.4. The highest BCUT2D eigenvalue weighted by Gasteiger charge is 2.16. The lowest BCUT2D eigenvalue weighted by Crippen LogP contribution is -2.11. The summed E-state index contributed by atoms with van der Waals surface area (Å²) in [7, 11) is -3.71. The molecule has 0 saturated heterocycles. The second kappa shape index (κ2) is 6.39. The number of nitrogens with two attached hydrogens (primary N) is 1. The number of aryl methyl sites for hydroxylation is 1. The average Bonchev–Trinajstić information content (AvgIpc) is 2.99. The van der Waals surface area contributed by atoms with Crippen LogP contribution in [0.5, 0.6) is 0 Å². The fraction of sp³-hybridized carbons (Fsp3) is 0.118. The molecule has 0 atom stereocenters. The summed E-state index contributed by atoms with van der Waals surface area (Å²) in [5.41, 5.74) is 4.55. The summed E-state index contributed by atoms with van der Waals surface area (Å²) in [6, 6.07) is 13.9. The Balaban J connectivity index is 2.12. The Hall–Kier alpha value is -2.15. The number of benzene rings is 2. The predicted octanol–water partition coefficient (Wildman–Crippen LogP) is 3.61. The van der Waals surface area contributed by atoms with Crippen LogP contribution in [0, 0.1) is 0 Å². The van der Waals surface area contributed by atoms with Gasteiger partial charge in [0, 0.05) is 21.8 Å². The molecule has 0 bridgehead atoms. The molecule has 24 heavy (non-hydrogen) atoms. The monoisotopic (exact) mass is 361 g/mol. The van der Waals surface area contributed by atoms with Gasteiger partial charge in [0.05, 0.1) is 4.90 Å². The van der Waals surface area contributed by atoms with Gasteiger partial charge in [0.15, 0.2) is 0 Å². The molecule has 0 unspecified atom stereocenters. The number of hydrogen-bond acceptors (Lipinski definition) is 3. The zero-order chi connectivity index (χ0) is 17.3. The molecule has 0 radical (unpaired) electrons. The number of aromatic nitrogens is 2. The third-order valence-electron chi connectivity index (χ3n) is 3.78. The Morgan fingerprint density at radius 3 is 2.17 bits per heavy atom. The topological polar surface area (TPSA) is 88.8 Å². The predicted molar refractivity (Wildman–Crippen MR) is 95.2 cm³/mol. The molecule has 2 aromatic carbocycles. The van der Waals surface area contributed by atoms with Crippen LogP contribution < -0.4 is 5.14 Å². The fourth-order valence-electron chi connectivity index (χ4n) is 2.57. The Labute approximate surface area is 145 Å². The van der Waals surface area contributed by atoms with E-state index in [9.17, 15) is 8.42 Å². The average molecular weight is 362 g/mol. The smallest absolute Gasteiger partial charge is 0.238 e. The lowest BCUT2D eigenvalue weighted by Gasteiger charge is -2.07. The van der Waals surface area contributed by atoms with E-state index in [0.29, 0.717) is 5.02 Å². The molecule has 0 fully saturated rings. The Kier molecular flexibility index (Phi) is 4.45. The maximum absolute atomic E-state index is 11.4. The minimum absolute atomic E-state index is 0.0746. The van der Waals surface area contributed by atoms with Crippen molar-refractivity contribution in [3.63, 3.8) is 0 Å². The molecule has 0 amide bonds. The van der Waals surface area contributed by atoms with Gasteiger partial charge >= 0.3 is 0 Å². The molecule has 5 nitrogen and oxygen atoms in total. The summed E-state index contributed by atoms with van der Waals surface area (Å²) in [5, 5.41) is 13.3. The van der Waals surface area contributed by atoms with Crippen LogP contribution in [0.1, 0.15) is 12.6 Å². The highest BCUT2D eigenvalue weighted by molar-refractivity contribution is 7.89. The quantitative estimate of drug-likeness (QED) is 0.743. The zero-order valence-electron chi connectivity index (χ0n) is 13.0. The van der Waals surface area contributed by atoms with Gasteiger partial charge in [-0.25, -0.2) is 13.6 Å². The van der Waals surface area contributed by atoms with E-state index in [1.54, 1.807) is 12.1 Å². The van der Waals surface area contributed by atoms with E-state index in [2.05, 4.69) is 10.2 Å². The molecule has 0 aliphatic rings. The molecule has 3 aromatic rings. The maximum atomic E-state index is 11.4. The molecule has 124 valence electrons. The van der Waals surface area contributed by atoms with Crippen molar-refractivity contribution in [2.75, 3.05) is 0 Å². The lowest BCUT2D eigenvalue weighted by molar-refractivity contribution is 0.598. The first kappa shape index (κ1) is 16.7. The van der Waals surface area contributed by atoms with Gasteiger partial charge in [-0.1, -0.05) is 42.8 Å². The van der Waals surface area contributed by atoms with Gasteiger partial charge in [0.1, 0.15) is 5.69 Å². The van der Waals surface area contributed by atoms with E-state index in [1.807, 2.05) is 31.2 Å². The number of halogens is 1. The minimum atomic E-state index is -3.71. The van der Waals surface area contributed by atoms with E-state index in [-0.39, 0.29) is 4.90 Å². The van der Waals surface area contributed by atoms with Gasteiger partial charge in [-0.3, -0.25) is 5.10 Å². The maximum Gasteiger partial charge on any atom is 0.238 e. The van der Waals surface area contributed by atoms with Crippen molar-refractivity contribution >= 4 is 21.6 Å². The van der Waals surface area contributed by atoms with Crippen LogP contribution in [-0.4, -0.2) is 18.6 Å². The molecule has 0 aliphatic heterocycles. The number of nitrogens with zero attached hydrogens (tertiary/aromatic N) is 1. The number of hydrogen-bond donors (Lipinski definition) is 2. The summed E-state index contributed by atoms with van der Waals surface area (Å²) < 4.78 is 22.8. The second-order valence-electron chi connectivity index (χ2n) is 5.36. The van der Waals surface area contributed by atoms with Gasteiger partial charge < -0.3 is 0 Å². The summed E-state index contributed by atoms with van der Waals surface area (Å²) in [4.78, 5) is 0.0746. The molecule has 3 N–H and O–H groups in total. The van der Waals surface area contributed by atoms with Gasteiger partial charge in [-0.15, -0.1) is 0 Å². The van der Waals surface area contributed by atoms with Crippen molar-refractivity contribution in [1.82, 2.24) is 10.2 Å². The van der Waals surface area contributed by atoms with E-state index in [4.69, 9.17) is 16.7 Å². The van der Waals surface area contributed by atoms with E-state index < -0.39 is 10.0 Å². The minimum Gasteiger partial charge on any atom is -0.281 e. The molecule has 0 saturated carbocycles. The Bertz CT molecular complexity index is 962. The second-order valence-corrected chi connectivity index (χ2v) is 7.35. The summed E-state index contributed by atoms with van der Waals surface area (Å²) in [6.07, 6.45) is 0.792. The fourth-order valence-corrected chi connectivity index (χ4v) is 3.21. The lowest BCUT2D eigenvalue weighted by atomic mass is 9.98. The third kappa shape index (κ3) is 3.21. The SMILES string of the molecule is CCc1[nH]nc(-c2ccc(S(N)(=O)=O)cc2)c1-c1ccc(Cl)cc1. The van der Waals surface area contributed by atoms with Gasteiger partial charge in [0.25, 0.3) is 0 Å². The molecular formula is C17H16ClN3O2S. The van der Waals surface area contributed by atoms with E-state index >= 15 is 0 Å². The first-order valence-corrected chi connectivity index (χ1v) is 9.29. The van der Waals surface area contributed by atoms with Crippen LogP contribution in [0.3, 0.4) is 0 Å². The van der Waals surface area contributed by atoms with Crippen molar-refractivity contribution in [3.8, 4) is 22.4 Å². The van der Waals surface area contributed by atoms with E-state index in [1.165, 1.54) is 12.1 Å². The van der Waals surface area contributed by atoms with Crippen molar-refractivity contribution in [3.05, 3.63) is 59.2 Å². The van der Waals surface area contributed by atoms with Crippen LogP contribution in [0.25, 0.3) is 22.4 Å².